The topological polar surface area (TPSA) is 46.5 Å². The molecule has 0 aliphatic rings. The number of hydrogen-bond acceptors (Lipinski definition) is 3. The molecule has 16 heavy (non-hydrogen) atoms. The van der Waals surface area contributed by atoms with Gasteiger partial charge in [-0.25, -0.2) is 8.78 Å². The maximum Gasteiger partial charge on any atom is 0.311 e. The Kier molecular flexibility index (Phi) is 3.95. The fourth-order valence-corrected chi connectivity index (χ4v) is 1.35. The molecule has 3 nitrogen and oxygen atoms in total. The van der Waals surface area contributed by atoms with Crippen LogP contribution in [0.15, 0.2) is 18.2 Å². The highest BCUT2D eigenvalue weighted by Crippen LogP contribution is 2.24. The first-order chi connectivity index (χ1) is 7.45. The first kappa shape index (κ1) is 12.6. The molecule has 0 amide bonds. The molecular weight excluding hydrogens is 218 g/mol. The number of methoxy groups -OCH3 is 1. The fourth-order valence-electron chi connectivity index (χ4n) is 1.35. The van der Waals surface area contributed by atoms with E-state index in [0.29, 0.717) is 6.07 Å². The van der Waals surface area contributed by atoms with E-state index in [9.17, 15) is 18.7 Å². The Bertz CT molecular complexity index is 373. The first-order valence-corrected chi connectivity index (χ1v) is 4.67. The molecule has 0 aliphatic carbocycles. The van der Waals surface area contributed by atoms with Crippen molar-refractivity contribution < 1.29 is 23.4 Å². The summed E-state index contributed by atoms with van der Waals surface area (Å²) in [5.41, 5.74) is 0.00963. The van der Waals surface area contributed by atoms with Gasteiger partial charge in [0.15, 0.2) is 0 Å². The summed E-state index contributed by atoms with van der Waals surface area (Å²) < 4.78 is 30.2. The monoisotopic (exact) mass is 230 g/mol. The van der Waals surface area contributed by atoms with Crippen molar-refractivity contribution in [3.8, 4) is 0 Å². The van der Waals surface area contributed by atoms with E-state index in [4.69, 9.17) is 0 Å². The number of halogens is 2. The van der Waals surface area contributed by atoms with E-state index in [1.54, 1.807) is 0 Å². The summed E-state index contributed by atoms with van der Waals surface area (Å²) in [5, 5.41) is 9.71. The minimum atomic E-state index is -1.29. The zero-order valence-electron chi connectivity index (χ0n) is 8.91. The molecule has 1 aromatic rings. The van der Waals surface area contributed by atoms with Crippen molar-refractivity contribution in [3.63, 3.8) is 0 Å². The largest absolute Gasteiger partial charge is 0.469 e. The Hall–Kier alpha value is -1.49. The lowest BCUT2D eigenvalue weighted by atomic mass is 9.97. The van der Waals surface area contributed by atoms with Crippen molar-refractivity contribution in [1.82, 2.24) is 0 Å². The standard InChI is InChI=1S/C11H12F2O3/c1-6(11(15)16-2)10(14)7-3-8(12)5-9(13)4-7/h3-6,10,14H,1-2H3. The van der Waals surface area contributed by atoms with Crippen molar-refractivity contribution in [2.75, 3.05) is 7.11 Å². The van der Waals surface area contributed by atoms with Crippen LogP contribution in [-0.4, -0.2) is 18.2 Å². The van der Waals surface area contributed by atoms with E-state index in [1.807, 2.05) is 0 Å². The molecule has 0 radical (unpaired) electrons. The Balaban J connectivity index is 2.95. The van der Waals surface area contributed by atoms with Gasteiger partial charge in [0.25, 0.3) is 0 Å². The first-order valence-electron chi connectivity index (χ1n) is 4.67. The van der Waals surface area contributed by atoms with Gasteiger partial charge in [-0.05, 0) is 24.6 Å². The normalized spacial score (nSPS) is 14.3. The predicted octanol–water partition coefficient (Wildman–Crippen LogP) is 1.81. The lowest BCUT2D eigenvalue weighted by Crippen LogP contribution is -2.20. The van der Waals surface area contributed by atoms with Crippen LogP contribution in [-0.2, 0) is 9.53 Å². The Morgan fingerprint density at radius 1 is 1.31 bits per heavy atom. The maximum absolute atomic E-state index is 12.9. The van der Waals surface area contributed by atoms with Crippen LogP contribution in [0.3, 0.4) is 0 Å². The molecule has 0 bridgehead atoms. The van der Waals surface area contributed by atoms with Gasteiger partial charge >= 0.3 is 5.97 Å². The Labute approximate surface area is 91.7 Å². The van der Waals surface area contributed by atoms with Gasteiger partial charge in [-0.1, -0.05) is 0 Å². The Morgan fingerprint density at radius 3 is 2.25 bits per heavy atom. The minimum absolute atomic E-state index is 0.00963. The van der Waals surface area contributed by atoms with Crippen LogP contribution in [0.2, 0.25) is 0 Å². The van der Waals surface area contributed by atoms with Crippen molar-refractivity contribution in [3.05, 3.63) is 35.4 Å². The van der Waals surface area contributed by atoms with Crippen molar-refractivity contribution in [2.45, 2.75) is 13.0 Å². The highest BCUT2D eigenvalue weighted by Gasteiger charge is 2.24. The number of esters is 1. The second kappa shape index (κ2) is 5.03. The average Bonchev–Trinajstić information content (AvgIpc) is 2.24. The number of aliphatic hydroxyl groups excluding tert-OH is 1. The quantitative estimate of drug-likeness (QED) is 0.805. The zero-order chi connectivity index (χ0) is 12.3. The molecular formula is C11H12F2O3. The summed E-state index contributed by atoms with van der Waals surface area (Å²) >= 11 is 0. The number of hydrogen-bond donors (Lipinski definition) is 1. The van der Waals surface area contributed by atoms with Gasteiger partial charge in [0, 0.05) is 6.07 Å². The van der Waals surface area contributed by atoms with E-state index < -0.39 is 29.6 Å². The molecule has 0 spiro atoms. The maximum atomic E-state index is 12.9. The summed E-state index contributed by atoms with van der Waals surface area (Å²) in [6.45, 7) is 1.42. The third kappa shape index (κ3) is 2.76. The van der Waals surface area contributed by atoms with Crippen LogP contribution in [0.4, 0.5) is 8.78 Å². The highest BCUT2D eigenvalue weighted by molar-refractivity contribution is 5.72. The van der Waals surface area contributed by atoms with E-state index in [0.717, 1.165) is 12.1 Å². The van der Waals surface area contributed by atoms with E-state index in [-0.39, 0.29) is 5.56 Å². The molecule has 0 fully saturated rings. The lowest BCUT2D eigenvalue weighted by molar-refractivity contribution is -0.148. The lowest BCUT2D eigenvalue weighted by Gasteiger charge is -2.17. The van der Waals surface area contributed by atoms with Crippen LogP contribution in [0.1, 0.15) is 18.6 Å². The van der Waals surface area contributed by atoms with Gasteiger partial charge in [0.2, 0.25) is 0 Å². The van der Waals surface area contributed by atoms with Gasteiger partial charge in [0.05, 0.1) is 19.1 Å². The van der Waals surface area contributed by atoms with E-state index in [1.165, 1.54) is 14.0 Å². The summed E-state index contributed by atoms with van der Waals surface area (Å²) in [5.74, 6) is -3.12. The van der Waals surface area contributed by atoms with Crippen molar-refractivity contribution in [1.29, 1.82) is 0 Å². The van der Waals surface area contributed by atoms with E-state index in [2.05, 4.69) is 4.74 Å². The number of benzene rings is 1. The SMILES string of the molecule is COC(=O)C(C)C(O)c1cc(F)cc(F)c1. The number of carbonyl (C=O) groups is 1. The molecule has 88 valence electrons. The third-order valence-corrected chi connectivity index (χ3v) is 2.27. The summed E-state index contributed by atoms with van der Waals surface area (Å²) in [7, 11) is 1.18. The average molecular weight is 230 g/mol. The van der Waals surface area contributed by atoms with Crippen LogP contribution in [0.25, 0.3) is 0 Å². The predicted molar refractivity (Wildman–Crippen MR) is 52.5 cm³/mol. The molecule has 1 rings (SSSR count). The fraction of sp³-hybridized carbons (Fsp3) is 0.364. The molecule has 1 N–H and O–H groups in total. The summed E-state index contributed by atoms with van der Waals surface area (Å²) in [4.78, 5) is 11.1. The number of aliphatic hydroxyl groups is 1. The summed E-state index contributed by atoms with van der Waals surface area (Å²) in [6.07, 6.45) is -1.29. The molecule has 2 atom stereocenters. The molecule has 0 saturated heterocycles. The summed E-state index contributed by atoms with van der Waals surface area (Å²) in [6, 6.07) is 2.65. The zero-order valence-corrected chi connectivity index (χ0v) is 8.91. The molecule has 5 heteroatoms. The van der Waals surface area contributed by atoms with Crippen molar-refractivity contribution >= 4 is 5.97 Å². The van der Waals surface area contributed by atoms with Gasteiger partial charge in [-0.3, -0.25) is 4.79 Å². The van der Waals surface area contributed by atoms with Crippen LogP contribution >= 0.6 is 0 Å². The van der Waals surface area contributed by atoms with Gasteiger partial charge < -0.3 is 9.84 Å². The number of ether oxygens (including phenoxy) is 1. The minimum Gasteiger partial charge on any atom is -0.469 e. The van der Waals surface area contributed by atoms with Crippen LogP contribution in [0, 0.1) is 17.6 Å². The van der Waals surface area contributed by atoms with Gasteiger partial charge in [0.1, 0.15) is 11.6 Å². The van der Waals surface area contributed by atoms with Crippen LogP contribution < -0.4 is 0 Å². The van der Waals surface area contributed by atoms with Crippen molar-refractivity contribution in [2.24, 2.45) is 5.92 Å². The van der Waals surface area contributed by atoms with Crippen LogP contribution in [0.5, 0.6) is 0 Å². The van der Waals surface area contributed by atoms with Gasteiger partial charge in [-0.15, -0.1) is 0 Å². The second-order valence-electron chi connectivity index (χ2n) is 3.46. The van der Waals surface area contributed by atoms with Gasteiger partial charge in [-0.2, -0.15) is 0 Å². The smallest absolute Gasteiger partial charge is 0.311 e. The number of rotatable bonds is 3. The number of carbonyl (C=O) groups excluding carboxylic acids is 1. The second-order valence-corrected chi connectivity index (χ2v) is 3.46. The molecule has 0 aliphatic heterocycles. The highest BCUT2D eigenvalue weighted by atomic mass is 19.1. The molecule has 1 aromatic carbocycles. The molecule has 0 saturated carbocycles. The molecule has 2 unspecified atom stereocenters. The Morgan fingerprint density at radius 2 is 1.81 bits per heavy atom. The third-order valence-electron chi connectivity index (χ3n) is 2.27. The molecule has 0 aromatic heterocycles. The molecule has 0 heterocycles. The van der Waals surface area contributed by atoms with E-state index >= 15 is 0 Å².